The first-order valence-corrected chi connectivity index (χ1v) is 7.50. The summed E-state index contributed by atoms with van der Waals surface area (Å²) >= 11 is 0. The van der Waals surface area contributed by atoms with E-state index in [0.29, 0.717) is 18.7 Å². The van der Waals surface area contributed by atoms with Crippen molar-refractivity contribution >= 4 is 5.69 Å². The van der Waals surface area contributed by atoms with Gasteiger partial charge in [-0.2, -0.15) is 0 Å². The van der Waals surface area contributed by atoms with Crippen molar-refractivity contribution in [1.82, 2.24) is 10.3 Å². The molecule has 2 aliphatic heterocycles. The van der Waals surface area contributed by atoms with Crippen LogP contribution in [0.25, 0.3) is 0 Å². The van der Waals surface area contributed by atoms with Crippen LogP contribution < -0.4 is 15.0 Å². The number of ether oxygens (including phenoxy) is 1. The van der Waals surface area contributed by atoms with Crippen molar-refractivity contribution in [2.24, 2.45) is 0 Å². The molecule has 2 fully saturated rings. The van der Waals surface area contributed by atoms with E-state index in [0.717, 1.165) is 18.8 Å². The minimum absolute atomic E-state index is 0.583. The lowest BCUT2D eigenvalue weighted by molar-refractivity contribution is 0.305. The maximum absolute atomic E-state index is 5.87. The highest BCUT2D eigenvalue weighted by Crippen LogP contribution is 2.30. The molecule has 2 atom stereocenters. The Morgan fingerprint density at radius 1 is 1.24 bits per heavy atom. The quantitative estimate of drug-likeness (QED) is 0.932. The summed E-state index contributed by atoms with van der Waals surface area (Å²) < 4.78 is 5.87. The van der Waals surface area contributed by atoms with Crippen LogP contribution in [0.5, 0.6) is 5.75 Å². The standard InChI is InChI=1S/C17H19N3O/c1-2-4-13(5-3-1)12-21-17-7-16(8-18-10-17)20-11-14-6-15(20)9-19-14/h1-5,7-8,10,14-15,19H,6,9,11-12H2. The monoisotopic (exact) mass is 281 g/mol. The van der Waals surface area contributed by atoms with Crippen molar-refractivity contribution < 1.29 is 4.74 Å². The average molecular weight is 281 g/mol. The fourth-order valence-corrected chi connectivity index (χ4v) is 3.26. The highest BCUT2D eigenvalue weighted by Gasteiger charge is 2.37. The van der Waals surface area contributed by atoms with E-state index in [1.54, 1.807) is 6.20 Å². The molecule has 2 aliphatic rings. The molecule has 1 aromatic carbocycles. The SMILES string of the molecule is c1ccc(COc2cncc(N3CC4CC3CN4)c2)cc1. The Morgan fingerprint density at radius 2 is 2.14 bits per heavy atom. The van der Waals surface area contributed by atoms with Crippen molar-refractivity contribution in [1.29, 1.82) is 0 Å². The maximum Gasteiger partial charge on any atom is 0.140 e. The van der Waals surface area contributed by atoms with Crippen LogP contribution in [0.2, 0.25) is 0 Å². The van der Waals surface area contributed by atoms with Gasteiger partial charge < -0.3 is 15.0 Å². The maximum atomic E-state index is 5.87. The summed E-state index contributed by atoms with van der Waals surface area (Å²) in [6.07, 6.45) is 4.98. The van der Waals surface area contributed by atoms with Gasteiger partial charge in [-0.05, 0) is 12.0 Å². The molecule has 4 heteroatoms. The van der Waals surface area contributed by atoms with Gasteiger partial charge in [0.1, 0.15) is 12.4 Å². The Bertz CT molecular complexity index is 616. The largest absolute Gasteiger partial charge is 0.487 e. The molecular formula is C17H19N3O. The number of pyridine rings is 1. The van der Waals surface area contributed by atoms with Crippen LogP contribution >= 0.6 is 0 Å². The number of rotatable bonds is 4. The molecule has 21 heavy (non-hydrogen) atoms. The van der Waals surface area contributed by atoms with Gasteiger partial charge >= 0.3 is 0 Å². The van der Waals surface area contributed by atoms with Crippen LogP contribution in [0, 0.1) is 0 Å². The predicted molar refractivity (Wildman–Crippen MR) is 82.6 cm³/mol. The van der Waals surface area contributed by atoms with Crippen molar-refractivity contribution in [2.75, 3.05) is 18.0 Å². The predicted octanol–water partition coefficient (Wildman–Crippen LogP) is 2.21. The molecule has 0 saturated carbocycles. The van der Waals surface area contributed by atoms with Crippen LogP contribution in [-0.4, -0.2) is 30.2 Å². The molecule has 108 valence electrons. The molecule has 2 saturated heterocycles. The first-order chi connectivity index (χ1) is 10.4. The Morgan fingerprint density at radius 3 is 2.90 bits per heavy atom. The summed E-state index contributed by atoms with van der Waals surface area (Å²) in [5.74, 6) is 0.840. The van der Waals surface area contributed by atoms with Crippen LogP contribution in [0.1, 0.15) is 12.0 Å². The van der Waals surface area contributed by atoms with Gasteiger partial charge in [-0.3, -0.25) is 4.98 Å². The van der Waals surface area contributed by atoms with Crippen LogP contribution in [0.3, 0.4) is 0 Å². The summed E-state index contributed by atoms with van der Waals surface area (Å²) in [5.41, 5.74) is 2.35. The van der Waals surface area contributed by atoms with Crippen molar-refractivity contribution in [2.45, 2.75) is 25.1 Å². The topological polar surface area (TPSA) is 37.4 Å². The molecule has 2 bridgehead atoms. The van der Waals surface area contributed by atoms with E-state index < -0.39 is 0 Å². The highest BCUT2D eigenvalue weighted by molar-refractivity contribution is 5.51. The summed E-state index contributed by atoms with van der Waals surface area (Å²) in [6, 6.07) is 13.6. The lowest BCUT2D eigenvalue weighted by atomic mass is 10.2. The molecule has 0 radical (unpaired) electrons. The zero-order valence-corrected chi connectivity index (χ0v) is 11.9. The number of hydrogen-bond donors (Lipinski definition) is 1. The first-order valence-electron chi connectivity index (χ1n) is 7.50. The summed E-state index contributed by atoms with van der Waals surface area (Å²) in [6.45, 7) is 2.74. The van der Waals surface area contributed by atoms with E-state index in [1.807, 2.05) is 24.4 Å². The minimum Gasteiger partial charge on any atom is -0.487 e. The Hall–Kier alpha value is -2.07. The molecule has 0 aliphatic carbocycles. The van der Waals surface area contributed by atoms with Gasteiger partial charge in [-0.15, -0.1) is 0 Å². The normalized spacial score (nSPS) is 23.5. The lowest BCUT2D eigenvalue weighted by Gasteiger charge is -2.29. The molecule has 4 rings (SSSR count). The minimum atomic E-state index is 0.583. The van der Waals surface area contributed by atoms with E-state index in [1.165, 1.54) is 17.7 Å². The van der Waals surface area contributed by atoms with E-state index in [2.05, 4.69) is 33.4 Å². The number of hydrogen-bond acceptors (Lipinski definition) is 4. The van der Waals surface area contributed by atoms with Gasteiger partial charge in [0.2, 0.25) is 0 Å². The number of fused-ring (bicyclic) bond motifs is 2. The van der Waals surface area contributed by atoms with Gasteiger partial charge in [0.15, 0.2) is 0 Å². The van der Waals surface area contributed by atoms with Crippen molar-refractivity contribution in [3.63, 3.8) is 0 Å². The number of anilines is 1. The third-order valence-electron chi connectivity index (χ3n) is 4.34. The average Bonchev–Trinajstić information content (AvgIpc) is 3.17. The summed E-state index contributed by atoms with van der Waals surface area (Å²) in [4.78, 5) is 6.79. The van der Waals surface area contributed by atoms with Gasteiger partial charge in [0.05, 0.1) is 18.1 Å². The Labute approximate surface area is 124 Å². The van der Waals surface area contributed by atoms with E-state index >= 15 is 0 Å². The van der Waals surface area contributed by atoms with E-state index in [9.17, 15) is 0 Å². The fraction of sp³-hybridized carbons (Fsp3) is 0.353. The van der Waals surface area contributed by atoms with Crippen LogP contribution in [-0.2, 0) is 6.61 Å². The third-order valence-corrected chi connectivity index (χ3v) is 4.34. The molecule has 2 unspecified atom stereocenters. The number of nitrogens with zero attached hydrogens (tertiary/aromatic N) is 2. The second-order valence-electron chi connectivity index (χ2n) is 5.80. The van der Waals surface area contributed by atoms with Gasteiger partial charge in [0.25, 0.3) is 0 Å². The van der Waals surface area contributed by atoms with E-state index in [-0.39, 0.29) is 0 Å². The van der Waals surface area contributed by atoms with Crippen LogP contribution in [0.4, 0.5) is 5.69 Å². The number of aromatic nitrogens is 1. The Balaban J connectivity index is 1.46. The number of piperazine rings is 1. The van der Waals surface area contributed by atoms with Crippen LogP contribution in [0.15, 0.2) is 48.8 Å². The molecular weight excluding hydrogens is 262 g/mol. The summed E-state index contributed by atoms with van der Waals surface area (Å²) in [5, 5.41) is 3.52. The molecule has 1 aromatic heterocycles. The van der Waals surface area contributed by atoms with E-state index in [4.69, 9.17) is 4.74 Å². The molecule has 0 spiro atoms. The molecule has 4 nitrogen and oxygen atoms in total. The smallest absolute Gasteiger partial charge is 0.140 e. The highest BCUT2D eigenvalue weighted by atomic mass is 16.5. The van der Waals surface area contributed by atoms with Crippen molar-refractivity contribution in [3.8, 4) is 5.75 Å². The summed E-state index contributed by atoms with van der Waals surface area (Å²) in [7, 11) is 0. The lowest BCUT2D eigenvalue weighted by Crippen LogP contribution is -2.43. The fourth-order valence-electron chi connectivity index (χ4n) is 3.26. The second kappa shape index (κ2) is 5.37. The number of nitrogens with one attached hydrogen (secondary N) is 1. The van der Waals surface area contributed by atoms with Crippen molar-refractivity contribution in [3.05, 3.63) is 54.4 Å². The van der Waals surface area contributed by atoms with Gasteiger partial charge in [0, 0.05) is 31.2 Å². The van der Waals surface area contributed by atoms with Gasteiger partial charge in [-0.25, -0.2) is 0 Å². The van der Waals surface area contributed by atoms with Gasteiger partial charge in [-0.1, -0.05) is 30.3 Å². The zero-order valence-electron chi connectivity index (χ0n) is 11.9. The third kappa shape index (κ3) is 2.59. The number of benzene rings is 1. The molecule has 3 heterocycles. The zero-order chi connectivity index (χ0) is 14.1. The second-order valence-corrected chi connectivity index (χ2v) is 5.80. The Kier molecular flexibility index (Phi) is 3.24. The first kappa shape index (κ1) is 12.7. The molecule has 1 N–H and O–H groups in total. The molecule has 2 aromatic rings. The molecule has 0 amide bonds.